The molecule has 0 saturated carbocycles. The smallest absolute Gasteiger partial charge is 0.186 e. The zero-order valence-corrected chi connectivity index (χ0v) is 20.7. The molecule has 2 aliphatic heterocycles. The van der Waals surface area contributed by atoms with Crippen LogP contribution in [0.3, 0.4) is 0 Å². The normalized spacial score (nSPS) is 41.2. The summed E-state index contributed by atoms with van der Waals surface area (Å²) in [6, 6.07) is 0. The largest absolute Gasteiger partial charge is 0.388 e. The third-order valence-electron chi connectivity index (χ3n) is 7.41. The van der Waals surface area contributed by atoms with E-state index in [0.29, 0.717) is 19.3 Å². The molecule has 3 aliphatic rings. The van der Waals surface area contributed by atoms with Crippen LogP contribution >= 0.6 is 0 Å². The van der Waals surface area contributed by atoms with Crippen molar-refractivity contribution in [3.63, 3.8) is 0 Å². The Morgan fingerprint density at radius 2 is 1.63 bits per heavy atom. The first-order chi connectivity index (χ1) is 16.3. The van der Waals surface area contributed by atoms with Gasteiger partial charge >= 0.3 is 0 Å². The maximum absolute atomic E-state index is 12.4. The monoisotopic (exact) mass is 504 g/mol. The Hall–Kier alpha value is -0.990. The summed E-state index contributed by atoms with van der Waals surface area (Å²) in [6.07, 6.45) is -10.4. The predicted octanol–water partition coefficient (Wildman–Crippen LogP) is -0.859. The summed E-state index contributed by atoms with van der Waals surface area (Å²) in [5.41, 5.74) is 1.77. The highest BCUT2D eigenvalue weighted by atomic mass is 16.7. The lowest BCUT2D eigenvalue weighted by Crippen LogP contribution is -2.60. The first kappa shape index (κ1) is 28.6. The summed E-state index contributed by atoms with van der Waals surface area (Å²) in [4.78, 5) is 12.4. The molecule has 3 rings (SSSR count). The van der Waals surface area contributed by atoms with Crippen molar-refractivity contribution in [3.05, 3.63) is 11.1 Å². The molecule has 202 valence electrons. The van der Waals surface area contributed by atoms with Crippen molar-refractivity contribution in [2.45, 2.75) is 115 Å². The number of ketones is 1. The van der Waals surface area contributed by atoms with Gasteiger partial charge in [0.15, 0.2) is 12.6 Å². The summed E-state index contributed by atoms with van der Waals surface area (Å²) in [7, 11) is 0. The zero-order chi connectivity index (χ0) is 26.1. The number of ether oxygens (including phenoxy) is 4. The van der Waals surface area contributed by atoms with Crippen LogP contribution in [0.5, 0.6) is 0 Å². The van der Waals surface area contributed by atoms with Gasteiger partial charge in [-0.3, -0.25) is 4.79 Å². The van der Waals surface area contributed by atoms with Gasteiger partial charge in [0.05, 0.1) is 19.3 Å². The highest BCUT2D eigenvalue weighted by molar-refractivity contribution is 5.88. The standard InChI is InChI=1S/C24H40O11/c1-11-5-8-16(26)24(3,4)13(11)7-6-12(2)34-23-21(31)19(29)18(28)15(35-23)10-33-22-20(30)17(27)14(25)9-32-22/h12,14-15,17-23,25,27-31H,5-10H2,1-4H3/t12-,14+,15-,17+,18-,19+,20-,21-,22+,23-/m1/s1. The van der Waals surface area contributed by atoms with Crippen LogP contribution in [0.15, 0.2) is 11.1 Å². The van der Waals surface area contributed by atoms with Crippen molar-refractivity contribution >= 4 is 5.78 Å². The summed E-state index contributed by atoms with van der Waals surface area (Å²) in [5.74, 6) is 0.215. The van der Waals surface area contributed by atoms with Crippen molar-refractivity contribution < 1.29 is 54.4 Å². The van der Waals surface area contributed by atoms with Crippen LogP contribution in [-0.4, -0.2) is 111 Å². The van der Waals surface area contributed by atoms with E-state index in [-0.39, 0.29) is 19.0 Å². The number of carbonyl (C=O) groups excluding carboxylic acids is 1. The van der Waals surface area contributed by atoms with Gasteiger partial charge in [-0.15, -0.1) is 0 Å². The van der Waals surface area contributed by atoms with Gasteiger partial charge in [-0.25, -0.2) is 0 Å². The van der Waals surface area contributed by atoms with E-state index >= 15 is 0 Å². The second-order valence-electron chi connectivity index (χ2n) is 10.4. The molecule has 0 radical (unpaired) electrons. The number of hydrogen-bond acceptors (Lipinski definition) is 11. The van der Waals surface area contributed by atoms with Crippen molar-refractivity contribution in [2.24, 2.45) is 5.41 Å². The lowest BCUT2D eigenvalue weighted by atomic mass is 9.70. The van der Waals surface area contributed by atoms with Gasteiger partial charge in [0.25, 0.3) is 0 Å². The van der Waals surface area contributed by atoms with Gasteiger partial charge in [-0.2, -0.15) is 0 Å². The van der Waals surface area contributed by atoms with E-state index in [0.717, 1.165) is 12.0 Å². The number of aliphatic hydroxyl groups excluding tert-OH is 6. The minimum atomic E-state index is -1.57. The molecular weight excluding hydrogens is 464 g/mol. The molecule has 1 aliphatic carbocycles. The topological polar surface area (TPSA) is 175 Å². The van der Waals surface area contributed by atoms with E-state index in [1.807, 2.05) is 20.8 Å². The predicted molar refractivity (Wildman–Crippen MR) is 121 cm³/mol. The average molecular weight is 505 g/mol. The molecule has 35 heavy (non-hydrogen) atoms. The molecule has 2 saturated heterocycles. The third kappa shape index (κ3) is 6.30. The van der Waals surface area contributed by atoms with Crippen LogP contribution < -0.4 is 0 Å². The fourth-order valence-corrected chi connectivity index (χ4v) is 4.92. The number of aliphatic hydroxyl groups is 6. The number of hydrogen-bond donors (Lipinski definition) is 6. The Balaban J connectivity index is 1.56. The van der Waals surface area contributed by atoms with Gasteiger partial charge in [0.2, 0.25) is 0 Å². The maximum atomic E-state index is 12.4. The van der Waals surface area contributed by atoms with Crippen LogP contribution in [0.2, 0.25) is 0 Å². The molecule has 0 aromatic carbocycles. The zero-order valence-electron chi connectivity index (χ0n) is 20.7. The van der Waals surface area contributed by atoms with Crippen molar-refractivity contribution in [3.8, 4) is 0 Å². The van der Waals surface area contributed by atoms with Gasteiger partial charge in [0.1, 0.15) is 48.5 Å². The Labute approximate surface area is 205 Å². The molecule has 2 fully saturated rings. The van der Waals surface area contributed by atoms with Gasteiger partial charge < -0.3 is 49.6 Å². The highest BCUT2D eigenvalue weighted by Gasteiger charge is 2.46. The Bertz CT molecular complexity index is 769. The molecule has 0 amide bonds. The van der Waals surface area contributed by atoms with Gasteiger partial charge in [-0.1, -0.05) is 11.1 Å². The van der Waals surface area contributed by atoms with Crippen molar-refractivity contribution in [1.29, 1.82) is 0 Å². The first-order valence-electron chi connectivity index (χ1n) is 12.2. The summed E-state index contributed by atoms with van der Waals surface area (Å²) in [5, 5.41) is 60.4. The van der Waals surface area contributed by atoms with Crippen LogP contribution in [0.25, 0.3) is 0 Å². The second-order valence-corrected chi connectivity index (χ2v) is 10.4. The van der Waals surface area contributed by atoms with E-state index in [2.05, 4.69) is 0 Å². The minimum absolute atomic E-state index is 0.215. The number of allylic oxidation sites excluding steroid dienone is 2. The fraction of sp³-hybridized carbons (Fsp3) is 0.875. The number of Topliss-reactive ketones (excluding diaryl/α,β-unsaturated/α-hetero) is 1. The highest BCUT2D eigenvalue weighted by Crippen LogP contribution is 2.40. The van der Waals surface area contributed by atoms with Crippen LogP contribution in [0, 0.1) is 5.41 Å². The molecule has 11 heteroatoms. The number of carbonyl (C=O) groups is 1. The van der Waals surface area contributed by atoms with E-state index < -0.39 is 66.8 Å². The first-order valence-corrected chi connectivity index (χ1v) is 12.2. The lowest BCUT2D eigenvalue weighted by molar-refractivity contribution is -0.326. The Morgan fingerprint density at radius 3 is 2.31 bits per heavy atom. The maximum Gasteiger partial charge on any atom is 0.186 e. The second kappa shape index (κ2) is 11.6. The van der Waals surface area contributed by atoms with Crippen LogP contribution in [0.4, 0.5) is 0 Å². The molecule has 2 heterocycles. The summed E-state index contributed by atoms with van der Waals surface area (Å²) >= 11 is 0. The molecule has 0 aromatic heterocycles. The van der Waals surface area contributed by atoms with E-state index in [1.165, 1.54) is 5.57 Å². The van der Waals surface area contributed by atoms with E-state index in [1.54, 1.807) is 6.92 Å². The molecule has 11 nitrogen and oxygen atoms in total. The van der Waals surface area contributed by atoms with Crippen molar-refractivity contribution in [2.75, 3.05) is 13.2 Å². The van der Waals surface area contributed by atoms with Crippen LogP contribution in [0.1, 0.15) is 53.4 Å². The Morgan fingerprint density at radius 1 is 0.971 bits per heavy atom. The average Bonchev–Trinajstić information content (AvgIpc) is 2.80. The van der Waals surface area contributed by atoms with Gasteiger partial charge in [-0.05, 0) is 47.0 Å². The van der Waals surface area contributed by atoms with E-state index in [4.69, 9.17) is 18.9 Å². The third-order valence-corrected chi connectivity index (χ3v) is 7.41. The SMILES string of the molecule is CC1=C(CC[C@@H](C)O[C@@H]2O[C@H](CO[C@@H]3OC[C@H](O)[C@H](O)[C@H]3O)[C@@H](O)[C@H](O)[C@H]2O)C(C)(C)C(=O)CC1. The summed E-state index contributed by atoms with van der Waals surface area (Å²) < 4.78 is 22.1. The lowest BCUT2D eigenvalue weighted by Gasteiger charge is -2.42. The number of rotatable bonds is 8. The molecule has 0 aromatic rings. The molecule has 0 bridgehead atoms. The Kier molecular flexibility index (Phi) is 9.47. The molecular formula is C24H40O11. The van der Waals surface area contributed by atoms with Crippen LogP contribution in [-0.2, 0) is 23.7 Å². The van der Waals surface area contributed by atoms with Crippen molar-refractivity contribution in [1.82, 2.24) is 0 Å². The minimum Gasteiger partial charge on any atom is -0.388 e. The van der Waals surface area contributed by atoms with E-state index in [9.17, 15) is 35.4 Å². The molecule has 6 N–H and O–H groups in total. The molecule has 10 atom stereocenters. The molecule has 0 spiro atoms. The quantitative estimate of drug-likeness (QED) is 0.227. The summed E-state index contributed by atoms with van der Waals surface area (Å²) in [6.45, 7) is 7.11. The van der Waals surface area contributed by atoms with Gasteiger partial charge in [0, 0.05) is 11.8 Å². The molecule has 0 unspecified atom stereocenters. The fourth-order valence-electron chi connectivity index (χ4n) is 4.92.